The molecule has 0 saturated carbocycles. The average Bonchev–Trinajstić information content (AvgIpc) is 2.89. The first-order valence-corrected chi connectivity index (χ1v) is 9.37. The Bertz CT molecular complexity index is 910. The van der Waals surface area contributed by atoms with Crippen LogP contribution in [0.5, 0.6) is 0 Å². The molecule has 1 N–H and O–H groups in total. The third kappa shape index (κ3) is 3.85. The smallest absolute Gasteiger partial charge is 0.277 e. The molecule has 0 atom stereocenters. The summed E-state index contributed by atoms with van der Waals surface area (Å²) in [5.41, 5.74) is 2.16. The molecule has 1 amide bonds. The maximum absolute atomic E-state index is 12.5. The fourth-order valence-electron chi connectivity index (χ4n) is 2.02. The number of carbonyl (C=O) groups is 1. The molecule has 8 heteroatoms. The van der Waals surface area contributed by atoms with Gasteiger partial charge in [0.15, 0.2) is 16.0 Å². The van der Waals surface area contributed by atoms with Gasteiger partial charge in [-0.25, -0.2) is 15.0 Å². The molecule has 0 spiro atoms. The number of aryl methyl sites for hydroxylation is 1. The SMILES string of the molecule is Cc1ccc2nc(NC(=O)c3nc(SC(C)C)ncc3Cl)sc2c1. The highest BCUT2D eigenvalue weighted by molar-refractivity contribution is 7.99. The van der Waals surface area contributed by atoms with Crippen molar-refractivity contribution in [3.8, 4) is 0 Å². The van der Waals surface area contributed by atoms with E-state index in [4.69, 9.17) is 11.6 Å². The van der Waals surface area contributed by atoms with E-state index in [0.717, 1.165) is 15.8 Å². The summed E-state index contributed by atoms with van der Waals surface area (Å²) in [6.07, 6.45) is 1.45. The third-order valence-corrected chi connectivity index (χ3v) is 5.13. The first-order chi connectivity index (χ1) is 11.4. The van der Waals surface area contributed by atoms with Gasteiger partial charge in [-0.15, -0.1) is 0 Å². The lowest BCUT2D eigenvalue weighted by atomic mass is 10.2. The lowest BCUT2D eigenvalue weighted by Gasteiger charge is -2.06. The Kier molecular flexibility index (Phi) is 5.03. The largest absolute Gasteiger partial charge is 0.296 e. The number of nitrogens with one attached hydrogen (secondary N) is 1. The van der Waals surface area contributed by atoms with E-state index in [1.807, 2.05) is 39.0 Å². The van der Waals surface area contributed by atoms with E-state index in [-0.39, 0.29) is 16.6 Å². The van der Waals surface area contributed by atoms with Crippen molar-refractivity contribution in [2.75, 3.05) is 5.32 Å². The van der Waals surface area contributed by atoms with Crippen molar-refractivity contribution in [3.05, 3.63) is 40.7 Å². The minimum Gasteiger partial charge on any atom is -0.296 e. The van der Waals surface area contributed by atoms with E-state index < -0.39 is 0 Å². The van der Waals surface area contributed by atoms with Gasteiger partial charge in [0.25, 0.3) is 5.91 Å². The monoisotopic (exact) mass is 378 g/mol. The molecule has 0 saturated heterocycles. The van der Waals surface area contributed by atoms with Gasteiger partial charge < -0.3 is 0 Å². The van der Waals surface area contributed by atoms with Gasteiger partial charge in [-0.05, 0) is 24.6 Å². The van der Waals surface area contributed by atoms with Crippen LogP contribution in [0.4, 0.5) is 5.13 Å². The molecule has 1 aromatic carbocycles. The summed E-state index contributed by atoms with van der Waals surface area (Å²) >= 11 is 8.98. The van der Waals surface area contributed by atoms with Gasteiger partial charge >= 0.3 is 0 Å². The molecule has 3 aromatic rings. The molecule has 0 unspecified atom stereocenters. The minimum atomic E-state index is -0.385. The van der Waals surface area contributed by atoms with Crippen molar-refractivity contribution >= 4 is 56.0 Å². The second kappa shape index (κ2) is 7.04. The molecular formula is C16H15ClN4OS2. The lowest BCUT2D eigenvalue weighted by Crippen LogP contribution is -2.15. The molecule has 2 aromatic heterocycles. The minimum absolute atomic E-state index is 0.158. The van der Waals surface area contributed by atoms with Crippen LogP contribution in [0.3, 0.4) is 0 Å². The Balaban J connectivity index is 1.85. The van der Waals surface area contributed by atoms with Gasteiger partial charge in [-0.2, -0.15) is 0 Å². The number of amides is 1. The van der Waals surface area contributed by atoms with Crippen LogP contribution < -0.4 is 5.32 Å². The Morgan fingerprint density at radius 3 is 2.88 bits per heavy atom. The van der Waals surface area contributed by atoms with E-state index in [1.54, 1.807) is 0 Å². The summed E-state index contributed by atoms with van der Waals surface area (Å²) in [7, 11) is 0. The fourth-order valence-corrected chi connectivity index (χ4v) is 3.83. The number of hydrogen-bond donors (Lipinski definition) is 1. The van der Waals surface area contributed by atoms with E-state index in [2.05, 4.69) is 20.3 Å². The zero-order chi connectivity index (χ0) is 17.3. The van der Waals surface area contributed by atoms with Gasteiger partial charge in [-0.3, -0.25) is 10.1 Å². The highest BCUT2D eigenvalue weighted by Crippen LogP contribution is 2.28. The zero-order valence-corrected chi connectivity index (χ0v) is 15.7. The molecule has 24 heavy (non-hydrogen) atoms. The molecule has 0 aliphatic heterocycles. The number of aromatic nitrogens is 3. The van der Waals surface area contributed by atoms with Crippen molar-refractivity contribution in [3.63, 3.8) is 0 Å². The van der Waals surface area contributed by atoms with E-state index in [1.165, 1.54) is 29.3 Å². The molecule has 0 radical (unpaired) electrons. The number of halogens is 1. The number of rotatable bonds is 4. The normalized spacial score (nSPS) is 11.2. The number of nitrogens with zero attached hydrogens (tertiary/aromatic N) is 3. The van der Waals surface area contributed by atoms with Crippen LogP contribution in [0.15, 0.2) is 29.6 Å². The molecule has 0 fully saturated rings. The van der Waals surface area contributed by atoms with Crippen LogP contribution in [0.1, 0.15) is 29.9 Å². The van der Waals surface area contributed by atoms with Gasteiger partial charge in [0.05, 0.1) is 21.4 Å². The maximum Gasteiger partial charge on any atom is 0.277 e. The van der Waals surface area contributed by atoms with Gasteiger partial charge in [0, 0.05) is 5.25 Å². The molecule has 0 aliphatic carbocycles. The fraction of sp³-hybridized carbons (Fsp3) is 0.250. The lowest BCUT2D eigenvalue weighted by molar-refractivity contribution is 0.102. The van der Waals surface area contributed by atoms with E-state index >= 15 is 0 Å². The topological polar surface area (TPSA) is 67.8 Å². The van der Waals surface area contributed by atoms with Crippen molar-refractivity contribution in [1.29, 1.82) is 0 Å². The molecule has 0 bridgehead atoms. The van der Waals surface area contributed by atoms with Gasteiger partial charge in [0.2, 0.25) is 0 Å². The molecule has 5 nitrogen and oxygen atoms in total. The second-order valence-corrected chi connectivity index (χ2v) is 8.44. The van der Waals surface area contributed by atoms with Gasteiger partial charge in [0.1, 0.15) is 0 Å². The van der Waals surface area contributed by atoms with Crippen LogP contribution >= 0.6 is 34.7 Å². The summed E-state index contributed by atoms with van der Waals surface area (Å²) < 4.78 is 1.02. The Labute approximate surface area is 152 Å². The van der Waals surface area contributed by atoms with Crippen LogP contribution in [-0.4, -0.2) is 26.1 Å². The Morgan fingerprint density at radius 1 is 1.33 bits per heavy atom. The number of benzene rings is 1. The third-order valence-electron chi connectivity index (χ3n) is 3.04. The number of anilines is 1. The van der Waals surface area contributed by atoms with Crippen molar-refractivity contribution in [2.45, 2.75) is 31.2 Å². The molecule has 3 rings (SSSR count). The highest BCUT2D eigenvalue weighted by Gasteiger charge is 2.17. The van der Waals surface area contributed by atoms with Crippen LogP contribution in [0.2, 0.25) is 5.02 Å². The quantitative estimate of drug-likeness (QED) is 0.521. The van der Waals surface area contributed by atoms with Gasteiger partial charge in [-0.1, -0.05) is 54.6 Å². The summed E-state index contributed by atoms with van der Waals surface area (Å²) in [5, 5.41) is 4.36. The number of thiazole rings is 1. The summed E-state index contributed by atoms with van der Waals surface area (Å²) in [6, 6.07) is 5.97. The van der Waals surface area contributed by atoms with E-state index in [0.29, 0.717) is 15.5 Å². The summed E-state index contributed by atoms with van der Waals surface area (Å²) in [5.74, 6) is -0.385. The van der Waals surface area contributed by atoms with Crippen LogP contribution in [0.25, 0.3) is 10.2 Å². The maximum atomic E-state index is 12.5. The highest BCUT2D eigenvalue weighted by atomic mass is 35.5. The summed E-state index contributed by atoms with van der Waals surface area (Å²) in [4.78, 5) is 25.3. The molecule has 2 heterocycles. The number of thioether (sulfide) groups is 1. The van der Waals surface area contributed by atoms with Crippen molar-refractivity contribution < 1.29 is 4.79 Å². The standard InChI is InChI=1S/C16H15ClN4OS2/c1-8(2)23-15-18-7-10(17)13(20-15)14(22)21-16-19-11-5-4-9(3)6-12(11)24-16/h4-8H,1-3H3,(H,19,21,22). The van der Waals surface area contributed by atoms with Crippen molar-refractivity contribution in [2.24, 2.45) is 0 Å². The predicted molar refractivity (Wildman–Crippen MR) is 100 cm³/mol. The Hall–Kier alpha value is -1.70. The average molecular weight is 379 g/mol. The number of hydrogen-bond acceptors (Lipinski definition) is 6. The number of fused-ring (bicyclic) bond motifs is 1. The summed E-state index contributed by atoms with van der Waals surface area (Å²) in [6.45, 7) is 6.09. The number of carbonyl (C=O) groups excluding carboxylic acids is 1. The van der Waals surface area contributed by atoms with Crippen LogP contribution in [-0.2, 0) is 0 Å². The first-order valence-electron chi connectivity index (χ1n) is 7.30. The Morgan fingerprint density at radius 2 is 2.12 bits per heavy atom. The zero-order valence-electron chi connectivity index (χ0n) is 13.3. The molecule has 124 valence electrons. The van der Waals surface area contributed by atoms with Crippen LogP contribution in [0, 0.1) is 6.92 Å². The molecule has 0 aliphatic rings. The molecular weight excluding hydrogens is 364 g/mol. The predicted octanol–water partition coefficient (Wildman–Crippen LogP) is 4.80. The van der Waals surface area contributed by atoms with E-state index in [9.17, 15) is 4.79 Å². The van der Waals surface area contributed by atoms with Crippen molar-refractivity contribution in [1.82, 2.24) is 15.0 Å². The second-order valence-electron chi connectivity index (χ2n) is 5.46. The first kappa shape index (κ1) is 17.1.